The van der Waals surface area contributed by atoms with E-state index in [1.165, 1.54) is 27.2 Å². The largest absolute Gasteiger partial charge is 0.507 e. The third kappa shape index (κ3) is 2.07. The van der Waals surface area contributed by atoms with E-state index in [4.69, 9.17) is 9.47 Å². The van der Waals surface area contributed by atoms with E-state index in [2.05, 4.69) is 15.9 Å². The van der Waals surface area contributed by atoms with Crippen LogP contribution in [0.25, 0.3) is 0 Å². The molecule has 0 heterocycles. The smallest absolute Gasteiger partial charge is 0.175 e. The second-order valence-corrected chi connectivity index (χ2v) is 3.67. The van der Waals surface area contributed by atoms with Crippen molar-refractivity contribution < 1.29 is 19.4 Å². The minimum Gasteiger partial charge on any atom is -0.507 e. The zero-order chi connectivity index (χ0) is 11.6. The van der Waals surface area contributed by atoms with Gasteiger partial charge in [0.05, 0.1) is 24.3 Å². The van der Waals surface area contributed by atoms with E-state index in [-0.39, 0.29) is 17.1 Å². The van der Waals surface area contributed by atoms with Crippen LogP contribution in [-0.2, 0) is 0 Å². The van der Waals surface area contributed by atoms with Gasteiger partial charge in [0, 0.05) is 6.07 Å². The third-order valence-electron chi connectivity index (χ3n) is 1.94. The fraction of sp³-hybridized carbons (Fsp3) is 0.300. The lowest BCUT2D eigenvalue weighted by atomic mass is 10.1. The van der Waals surface area contributed by atoms with Crippen molar-refractivity contribution in [3.05, 3.63) is 16.1 Å². The monoisotopic (exact) mass is 274 g/mol. The molecule has 0 aliphatic carbocycles. The van der Waals surface area contributed by atoms with Crippen LogP contribution >= 0.6 is 15.9 Å². The number of ketones is 1. The summed E-state index contributed by atoms with van der Waals surface area (Å²) in [5, 5.41) is 9.61. The third-order valence-corrected chi connectivity index (χ3v) is 2.70. The molecule has 0 radical (unpaired) electrons. The summed E-state index contributed by atoms with van der Waals surface area (Å²) in [7, 11) is 2.92. The molecule has 5 heteroatoms. The number of hydrogen-bond donors (Lipinski definition) is 1. The highest BCUT2D eigenvalue weighted by molar-refractivity contribution is 9.10. The molecule has 0 amide bonds. The van der Waals surface area contributed by atoms with E-state index in [0.717, 1.165) is 0 Å². The lowest BCUT2D eigenvalue weighted by Gasteiger charge is -2.13. The molecule has 0 saturated heterocycles. The summed E-state index contributed by atoms with van der Waals surface area (Å²) in [5.41, 5.74) is 0.188. The summed E-state index contributed by atoms with van der Waals surface area (Å²) in [4.78, 5) is 11.3. The van der Waals surface area contributed by atoms with Gasteiger partial charge < -0.3 is 14.6 Å². The van der Waals surface area contributed by atoms with Crippen LogP contribution in [0.5, 0.6) is 17.2 Å². The van der Waals surface area contributed by atoms with Gasteiger partial charge in [-0.15, -0.1) is 0 Å². The molecule has 0 fully saturated rings. The van der Waals surface area contributed by atoms with Crippen molar-refractivity contribution in [1.82, 2.24) is 0 Å². The fourth-order valence-corrected chi connectivity index (χ4v) is 2.11. The molecule has 1 rings (SSSR count). The van der Waals surface area contributed by atoms with Gasteiger partial charge in [-0.05, 0) is 22.9 Å². The minimum atomic E-state index is -0.250. The topological polar surface area (TPSA) is 55.8 Å². The Morgan fingerprint density at radius 1 is 1.40 bits per heavy atom. The number of rotatable bonds is 3. The zero-order valence-corrected chi connectivity index (χ0v) is 10.2. The Labute approximate surface area is 95.9 Å². The van der Waals surface area contributed by atoms with Crippen LogP contribution in [0.3, 0.4) is 0 Å². The summed E-state index contributed by atoms with van der Waals surface area (Å²) in [6.07, 6.45) is 0. The molecule has 0 bridgehead atoms. The number of carbonyl (C=O) groups excluding carboxylic acids is 1. The minimum absolute atomic E-state index is 0.132. The van der Waals surface area contributed by atoms with Crippen molar-refractivity contribution in [3.8, 4) is 17.2 Å². The van der Waals surface area contributed by atoms with Gasteiger partial charge in [-0.3, -0.25) is 4.79 Å². The van der Waals surface area contributed by atoms with Crippen LogP contribution < -0.4 is 9.47 Å². The van der Waals surface area contributed by atoms with E-state index in [1.54, 1.807) is 0 Å². The van der Waals surface area contributed by atoms with Gasteiger partial charge in [-0.1, -0.05) is 0 Å². The number of phenolic OH excluding ortho intramolecular Hbond substituents is 1. The molecule has 0 spiro atoms. The van der Waals surface area contributed by atoms with E-state index in [9.17, 15) is 9.90 Å². The Hall–Kier alpha value is -1.23. The average Bonchev–Trinajstić information content (AvgIpc) is 2.16. The number of methoxy groups -OCH3 is 2. The van der Waals surface area contributed by atoms with Crippen LogP contribution in [-0.4, -0.2) is 25.1 Å². The maximum atomic E-state index is 11.3. The zero-order valence-electron chi connectivity index (χ0n) is 8.63. The van der Waals surface area contributed by atoms with E-state index >= 15 is 0 Å². The van der Waals surface area contributed by atoms with Gasteiger partial charge in [-0.2, -0.15) is 0 Å². The number of aromatic hydroxyl groups is 1. The van der Waals surface area contributed by atoms with E-state index in [0.29, 0.717) is 16.0 Å². The number of phenols is 1. The summed E-state index contributed by atoms with van der Waals surface area (Å²) < 4.78 is 10.5. The average molecular weight is 275 g/mol. The molecule has 1 aromatic carbocycles. The normalized spacial score (nSPS) is 9.87. The predicted octanol–water partition coefficient (Wildman–Crippen LogP) is 2.37. The second kappa shape index (κ2) is 4.53. The number of hydrogen-bond acceptors (Lipinski definition) is 4. The molecule has 1 N–H and O–H groups in total. The Balaban J connectivity index is 3.51. The summed E-state index contributed by atoms with van der Waals surface area (Å²) in [6, 6.07) is 1.35. The van der Waals surface area contributed by atoms with Crippen molar-refractivity contribution in [3.63, 3.8) is 0 Å². The van der Waals surface area contributed by atoms with Gasteiger partial charge in [0.1, 0.15) is 5.75 Å². The van der Waals surface area contributed by atoms with Crippen molar-refractivity contribution >= 4 is 21.7 Å². The maximum absolute atomic E-state index is 11.3. The van der Waals surface area contributed by atoms with Crippen molar-refractivity contribution in [2.45, 2.75) is 6.92 Å². The van der Waals surface area contributed by atoms with Crippen LogP contribution in [0.15, 0.2) is 10.5 Å². The van der Waals surface area contributed by atoms with Crippen molar-refractivity contribution in [2.75, 3.05) is 14.2 Å². The lowest BCUT2D eigenvalue weighted by Crippen LogP contribution is -1.99. The van der Waals surface area contributed by atoms with Crippen LogP contribution in [0.1, 0.15) is 17.3 Å². The number of carbonyl (C=O) groups is 1. The highest BCUT2D eigenvalue weighted by Gasteiger charge is 2.20. The molecular weight excluding hydrogens is 264 g/mol. The maximum Gasteiger partial charge on any atom is 0.175 e. The first-order valence-electron chi connectivity index (χ1n) is 4.17. The molecule has 1 aromatic rings. The first-order chi connectivity index (χ1) is 7.02. The number of halogens is 1. The molecule has 0 aromatic heterocycles. The Bertz CT molecular complexity index is 401. The van der Waals surface area contributed by atoms with E-state index in [1.807, 2.05) is 0 Å². The molecule has 0 aliphatic heterocycles. The first-order valence-corrected chi connectivity index (χ1v) is 4.96. The Kier molecular flexibility index (Phi) is 3.57. The Morgan fingerprint density at radius 2 is 2.00 bits per heavy atom. The van der Waals surface area contributed by atoms with Gasteiger partial charge in [0.15, 0.2) is 17.3 Å². The van der Waals surface area contributed by atoms with Gasteiger partial charge in [0.25, 0.3) is 0 Å². The number of Topliss-reactive ketones (excluding diaryl/α,β-unsaturated/α-hetero) is 1. The molecule has 0 unspecified atom stereocenters. The molecule has 0 atom stereocenters. The SMILES string of the molecule is COc1cc(O)c(C(C)=O)c(Br)c1OC. The molecule has 15 heavy (non-hydrogen) atoms. The Morgan fingerprint density at radius 3 is 2.40 bits per heavy atom. The molecule has 82 valence electrons. The van der Waals surface area contributed by atoms with Crippen LogP contribution in [0.2, 0.25) is 0 Å². The summed E-state index contributed by atoms with van der Waals surface area (Å²) in [5.74, 6) is 0.375. The number of ether oxygens (including phenoxy) is 2. The van der Waals surface area contributed by atoms with E-state index < -0.39 is 0 Å². The van der Waals surface area contributed by atoms with Crippen LogP contribution in [0.4, 0.5) is 0 Å². The standard InChI is InChI=1S/C10H11BrO4/c1-5(12)8-6(13)4-7(14-2)10(15-3)9(8)11/h4,13H,1-3H3. The highest BCUT2D eigenvalue weighted by Crippen LogP contribution is 2.42. The fourth-order valence-electron chi connectivity index (χ4n) is 1.27. The molecule has 4 nitrogen and oxygen atoms in total. The predicted molar refractivity (Wildman–Crippen MR) is 58.9 cm³/mol. The summed E-state index contributed by atoms with van der Waals surface area (Å²) in [6.45, 7) is 1.37. The van der Waals surface area contributed by atoms with Gasteiger partial charge in [-0.25, -0.2) is 0 Å². The summed E-state index contributed by atoms with van der Waals surface area (Å²) >= 11 is 3.20. The van der Waals surface area contributed by atoms with Crippen molar-refractivity contribution in [2.24, 2.45) is 0 Å². The quantitative estimate of drug-likeness (QED) is 0.860. The lowest BCUT2D eigenvalue weighted by molar-refractivity contribution is 0.101. The van der Waals surface area contributed by atoms with Crippen molar-refractivity contribution in [1.29, 1.82) is 0 Å². The molecular formula is C10H11BrO4. The second-order valence-electron chi connectivity index (χ2n) is 2.88. The van der Waals surface area contributed by atoms with Gasteiger partial charge in [0.2, 0.25) is 0 Å². The first kappa shape index (κ1) is 11.8. The molecule has 0 saturated carbocycles. The highest BCUT2D eigenvalue weighted by atomic mass is 79.9. The number of benzene rings is 1. The van der Waals surface area contributed by atoms with Gasteiger partial charge >= 0.3 is 0 Å². The van der Waals surface area contributed by atoms with Crippen LogP contribution in [0, 0.1) is 0 Å². The molecule has 0 aliphatic rings.